The van der Waals surface area contributed by atoms with Crippen LogP contribution < -0.4 is 5.32 Å². The Morgan fingerprint density at radius 3 is 2.10 bits per heavy atom. The van der Waals surface area contributed by atoms with Crippen molar-refractivity contribution in [3.8, 4) is 0 Å². The number of rotatable bonds is 3. The molecular weight excluding hydrogens is 426 g/mol. The Kier molecular flexibility index (Phi) is 6.02. The number of benzene rings is 2. The number of halogens is 6. The van der Waals surface area contributed by atoms with Gasteiger partial charge in [-0.2, -0.15) is 26.3 Å². The predicted octanol–water partition coefficient (Wildman–Crippen LogP) is 4.92. The summed E-state index contributed by atoms with van der Waals surface area (Å²) in [5.41, 5.74) is -2.90. The minimum atomic E-state index is -4.76. The van der Waals surface area contributed by atoms with E-state index in [1.54, 1.807) is 0 Å². The van der Waals surface area contributed by atoms with E-state index in [9.17, 15) is 35.9 Å². The molecule has 2 amide bonds. The van der Waals surface area contributed by atoms with Gasteiger partial charge in [-0.1, -0.05) is 30.3 Å². The molecule has 2 aromatic carbocycles. The van der Waals surface area contributed by atoms with Gasteiger partial charge < -0.3 is 10.2 Å². The van der Waals surface area contributed by atoms with Crippen molar-refractivity contribution < 1.29 is 35.9 Å². The minimum absolute atomic E-state index is 0.0499. The zero-order valence-electron chi connectivity index (χ0n) is 16.2. The second-order valence-corrected chi connectivity index (χ2v) is 7.25. The van der Waals surface area contributed by atoms with Gasteiger partial charge in [0, 0.05) is 19.5 Å². The molecule has 0 aromatic heterocycles. The van der Waals surface area contributed by atoms with E-state index in [0.717, 1.165) is 24.3 Å². The van der Waals surface area contributed by atoms with Crippen molar-refractivity contribution in [3.05, 3.63) is 65.2 Å². The number of carbonyl (C=O) groups excluding carboxylic acids is 2. The van der Waals surface area contributed by atoms with E-state index in [4.69, 9.17) is 0 Å². The second-order valence-electron chi connectivity index (χ2n) is 7.25. The summed E-state index contributed by atoms with van der Waals surface area (Å²) in [5, 5.41) is 2.11. The first-order valence-electron chi connectivity index (χ1n) is 9.29. The van der Waals surface area contributed by atoms with Crippen molar-refractivity contribution in [2.24, 2.45) is 5.92 Å². The first-order chi connectivity index (χ1) is 14.4. The number of hydrogen-bond acceptors (Lipinski definition) is 2. The van der Waals surface area contributed by atoms with Crippen molar-refractivity contribution in [1.82, 2.24) is 4.90 Å². The molecule has 0 spiro atoms. The highest BCUT2D eigenvalue weighted by Gasteiger charge is 2.45. The van der Waals surface area contributed by atoms with Gasteiger partial charge in [0.05, 0.1) is 16.8 Å². The maximum Gasteiger partial charge on any atom is 0.418 e. The van der Waals surface area contributed by atoms with Crippen LogP contribution in [0.3, 0.4) is 0 Å². The Morgan fingerprint density at radius 1 is 0.935 bits per heavy atom. The normalized spacial score (nSPS) is 20.0. The largest absolute Gasteiger partial charge is 0.418 e. The molecular formula is C21H18F6N2O2. The van der Waals surface area contributed by atoms with E-state index >= 15 is 0 Å². The lowest BCUT2D eigenvalue weighted by Gasteiger charge is -2.36. The Hall–Kier alpha value is -3.04. The van der Waals surface area contributed by atoms with Crippen LogP contribution in [0.4, 0.5) is 32.0 Å². The van der Waals surface area contributed by atoms with Crippen LogP contribution in [-0.4, -0.2) is 30.3 Å². The summed E-state index contributed by atoms with van der Waals surface area (Å²) < 4.78 is 80.3. The number of likely N-dealkylation sites (tertiary alicyclic amines) is 1. The molecule has 1 saturated heterocycles. The standard InChI is InChI=1S/C21H18F6N2O2/c1-29-11-10-13(12-6-2-3-7-14(12)20(22,23)24)17(19(29)31)18(30)28-16-9-5-4-8-15(16)21(25,26)27/h2-9,13,17H,10-11H2,1H3,(H,28,30)/t13-,17+/m1/s1. The summed E-state index contributed by atoms with van der Waals surface area (Å²) in [6, 6.07) is 8.80. The number of piperidine rings is 1. The Labute approximate surface area is 173 Å². The topological polar surface area (TPSA) is 49.4 Å². The first-order valence-corrected chi connectivity index (χ1v) is 9.29. The van der Waals surface area contributed by atoms with Crippen LogP contribution in [0.2, 0.25) is 0 Å². The van der Waals surface area contributed by atoms with Crippen LogP contribution in [-0.2, 0) is 21.9 Å². The van der Waals surface area contributed by atoms with Gasteiger partial charge in [0.25, 0.3) is 0 Å². The molecule has 0 radical (unpaired) electrons. The highest BCUT2D eigenvalue weighted by atomic mass is 19.4. The number of para-hydroxylation sites is 1. The van der Waals surface area contributed by atoms with E-state index in [1.165, 1.54) is 36.2 Å². The molecule has 2 atom stereocenters. The Bertz CT molecular complexity index is 986. The Morgan fingerprint density at radius 2 is 1.48 bits per heavy atom. The molecule has 4 nitrogen and oxygen atoms in total. The number of anilines is 1. The monoisotopic (exact) mass is 444 g/mol. The lowest BCUT2D eigenvalue weighted by atomic mass is 9.77. The third-order valence-electron chi connectivity index (χ3n) is 5.26. The number of nitrogens with zero attached hydrogens (tertiary/aromatic N) is 1. The molecule has 31 heavy (non-hydrogen) atoms. The van der Waals surface area contributed by atoms with E-state index in [0.29, 0.717) is 0 Å². The molecule has 1 heterocycles. The summed E-state index contributed by atoms with van der Waals surface area (Å²) in [4.78, 5) is 26.9. The van der Waals surface area contributed by atoms with Crippen LogP contribution in [0.25, 0.3) is 0 Å². The van der Waals surface area contributed by atoms with Crippen molar-refractivity contribution >= 4 is 17.5 Å². The van der Waals surface area contributed by atoms with Crippen LogP contribution >= 0.6 is 0 Å². The molecule has 0 aliphatic carbocycles. The SMILES string of the molecule is CN1CC[C@H](c2ccccc2C(F)(F)F)[C@@H](C(=O)Nc2ccccc2C(F)(F)F)C1=O. The van der Waals surface area contributed by atoms with Gasteiger partial charge in [-0.05, 0) is 30.2 Å². The van der Waals surface area contributed by atoms with Crippen LogP contribution in [0.15, 0.2) is 48.5 Å². The second kappa shape index (κ2) is 8.24. The number of alkyl halides is 6. The van der Waals surface area contributed by atoms with Gasteiger partial charge in [0.1, 0.15) is 5.92 Å². The summed E-state index contributed by atoms with van der Waals surface area (Å²) in [6.07, 6.45) is -9.43. The number of nitrogens with one attached hydrogen (secondary N) is 1. The van der Waals surface area contributed by atoms with Crippen molar-refractivity contribution in [2.75, 3.05) is 18.9 Å². The molecule has 3 rings (SSSR count). The molecule has 1 N–H and O–H groups in total. The van der Waals surface area contributed by atoms with Crippen molar-refractivity contribution in [2.45, 2.75) is 24.7 Å². The smallest absolute Gasteiger partial charge is 0.345 e. The number of carbonyl (C=O) groups is 2. The van der Waals surface area contributed by atoms with Crippen molar-refractivity contribution in [1.29, 1.82) is 0 Å². The van der Waals surface area contributed by atoms with E-state index < -0.39 is 52.8 Å². The molecule has 10 heteroatoms. The fraction of sp³-hybridized carbons (Fsp3) is 0.333. The van der Waals surface area contributed by atoms with Crippen LogP contribution in [0.5, 0.6) is 0 Å². The molecule has 0 unspecified atom stereocenters. The maximum atomic E-state index is 13.5. The van der Waals surface area contributed by atoms with Gasteiger partial charge in [-0.25, -0.2) is 0 Å². The fourth-order valence-electron chi connectivity index (χ4n) is 3.78. The summed E-state index contributed by atoms with van der Waals surface area (Å²) in [5.74, 6) is -4.59. The molecule has 1 aliphatic heterocycles. The molecule has 1 fully saturated rings. The third kappa shape index (κ3) is 4.67. The zero-order valence-corrected chi connectivity index (χ0v) is 16.2. The summed E-state index contributed by atoms with van der Waals surface area (Å²) in [7, 11) is 1.39. The quantitative estimate of drug-likeness (QED) is 0.540. The van der Waals surface area contributed by atoms with E-state index in [1.807, 2.05) is 0 Å². The van der Waals surface area contributed by atoms with Gasteiger partial charge in [-0.15, -0.1) is 0 Å². The maximum absolute atomic E-state index is 13.5. The molecule has 1 aliphatic rings. The third-order valence-corrected chi connectivity index (χ3v) is 5.26. The fourth-order valence-corrected chi connectivity index (χ4v) is 3.78. The number of hydrogen-bond donors (Lipinski definition) is 1. The molecule has 2 aromatic rings. The number of amides is 2. The van der Waals surface area contributed by atoms with Crippen LogP contribution in [0.1, 0.15) is 29.0 Å². The lowest BCUT2D eigenvalue weighted by molar-refractivity contribution is -0.145. The first kappa shape index (κ1) is 22.6. The van der Waals surface area contributed by atoms with E-state index in [-0.39, 0.29) is 18.5 Å². The van der Waals surface area contributed by atoms with E-state index in [2.05, 4.69) is 5.32 Å². The van der Waals surface area contributed by atoms with Gasteiger partial charge in [0.2, 0.25) is 11.8 Å². The van der Waals surface area contributed by atoms with Gasteiger partial charge in [-0.3, -0.25) is 9.59 Å². The summed E-state index contributed by atoms with van der Waals surface area (Å²) >= 11 is 0. The van der Waals surface area contributed by atoms with Gasteiger partial charge in [0.15, 0.2) is 0 Å². The average molecular weight is 444 g/mol. The summed E-state index contributed by atoms with van der Waals surface area (Å²) in [6.45, 7) is 0.110. The highest BCUT2D eigenvalue weighted by Crippen LogP contribution is 2.42. The Balaban J connectivity index is 2.02. The zero-order chi connectivity index (χ0) is 23.0. The average Bonchev–Trinajstić information content (AvgIpc) is 2.68. The van der Waals surface area contributed by atoms with Crippen LogP contribution in [0, 0.1) is 5.92 Å². The highest BCUT2D eigenvalue weighted by molar-refractivity contribution is 6.08. The molecule has 166 valence electrons. The van der Waals surface area contributed by atoms with Crippen molar-refractivity contribution in [3.63, 3.8) is 0 Å². The van der Waals surface area contributed by atoms with Gasteiger partial charge >= 0.3 is 12.4 Å². The predicted molar refractivity (Wildman–Crippen MR) is 100 cm³/mol. The lowest BCUT2D eigenvalue weighted by Crippen LogP contribution is -2.48. The minimum Gasteiger partial charge on any atom is -0.345 e. The molecule has 0 saturated carbocycles. The molecule has 0 bridgehead atoms.